The van der Waals surface area contributed by atoms with Crippen molar-refractivity contribution in [3.63, 3.8) is 0 Å². The first kappa shape index (κ1) is 16.9. The number of unbranched alkanes of at least 4 members (excludes halogenated alkanes) is 1. The molecule has 0 saturated heterocycles. The largest absolute Gasteiger partial charge is 0.340 e. The van der Waals surface area contributed by atoms with E-state index in [1.165, 1.54) is 17.3 Å². The van der Waals surface area contributed by atoms with Gasteiger partial charge in [0.25, 0.3) is 5.91 Å². The number of hydrogen-bond acceptors (Lipinski definition) is 4. The fourth-order valence-corrected chi connectivity index (χ4v) is 2.22. The van der Waals surface area contributed by atoms with Crippen molar-refractivity contribution >= 4 is 17.4 Å². The van der Waals surface area contributed by atoms with E-state index in [4.69, 9.17) is 0 Å². The van der Waals surface area contributed by atoms with E-state index < -0.39 is 0 Å². The minimum absolute atomic E-state index is 0.0933. The van der Waals surface area contributed by atoms with Crippen molar-refractivity contribution in [2.24, 2.45) is 0 Å². The third-order valence-electron chi connectivity index (χ3n) is 3.93. The van der Waals surface area contributed by atoms with Crippen LogP contribution in [0.25, 0.3) is 0 Å². The molecule has 122 valence electrons. The minimum Gasteiger partial charge on any atom is -0.340 e. The molecule has 0 aliphatic carbocycles. The third kappa shape index (κ3) is 4.28. The second kappa shape index (κ2) is 7.72. The summed E-state index contributed by atoms with van der Waals surface area (Å²) < 4.78 is 0. The van der Waals surface area contributed by atoms with Crippen LogP contribution >= 0.6 is 0 Å². The van der Waals surface area contributed by atoms with E-state index in [0.717, 1.165) is 25.1 Å². The number of nitrogens with one attached hydrogen (secondary N) is 1. The third-order valence-corrected chi connectivity index (χ3v) is 3.93. The van der Waals surface area contributed by atoms with Gasteiger partial charge in [-0.15, -0.1) is 0 Å². The Labute approximate surface area is 137 Å². The summed E-state index contributed by atoms with van der Waals surface area (Å²) in [6.07, 6.45) is 5.17. The van der Waals surface area contributed by atoms with Gasteiger partial charge < -0.3 is 10.2 Å². The number of benzene rings is 1. The van der Waals surface area contributed by atoms with Crippen molar-refractivity contribution in [3.8, 4) is 0 Å². The van der Waals surface area contributed by atoms with Gasteiger partial charge in [0, 0.05) is 19.3 Å². The smallest absolute Gasteiger partial charge is 0.273 e. The molecule has 1 aromatic heterocycles. The van der Waals surface area contributed by atoms with Gasteiger partial charge in [-0.05, 0) is 37.5 Å². The molecule has 0 bridgehead atoms. The second-order valence-corrected chi connectivity index (χ2v) is 5.74. The fraction of sp³-hybridized carbons (Fsp3) is 0.389. The van der Waals surface area contributed by atoms with Crippen LogP contribution in [0.5, 0.6) is 0 Å². The summed E-state index contributed by atoms with van der Waals surface area (Å²) in [5, 5.41) is 3.24. The first-order chi connectivity index (χ1) is 11.0. The Morgan fingerprint density at radius 3 is 2.65 bits per heavy atom. The van der Waals surface area contributed by atoms with Gasteiger partial charge in [0.05, 0.1) is 12.4 Å². The lowest BCUT2D eigenvalue weighted by atomic mass is 10.1. The summed E-state index contributed by atoms with van der Waals surface area (Å²) in [6, 6.07) is 6.07. The van der Waals surface area contributed by atoms with Crippen LogP contribution in [0, 0.1) is 13.8 Å². The Morgan fingerprint density at radius 1 is 1.22 bits per heavy atom. The number of amides is 1. The average molecular weight is 312 g/mol. The Kier molecular flexibility index (Phi) is 5.68. The van der Waals surface area contributed by atoms with E-state index in [2.05, 4.69) is 42.1 Å². The number of hydrogen-bond donors (Lipinski definition) is 1. The number of carbonyl (C=O) groups is 1. The summed E-state index contributed by atoms with van der Waals surface area (Å²) in [6.45, 7) is 6.97. The zero-order chi connectivity index (χ0) is 16.8. The Hall–Kier alpha value is -2.43. The highest BCUT2D eigenvalue weighted by molar-refractivity contribution is 5.91. The quantitative estimate of drug-likeness (QED) is 0.883. The predicted molar refractivity (Wildman–Crippen MR) is 93.1 cm³/mol. The first-order valence-corrected chi connectivity index (χ1v) is 7.93. The van der Waals surface area contributed by atoms with Gasteiger partial charge in [0.1, 0.15) is 11.5 Å². The topological polar surface area (TPSA) is 58.1 Å². The van der Waals surface area contributed by atoms with E-state index >= 15 is 0 Å². The molecule has 5 nitrogen and oxygen atoms in total. The zero-order valence-electron chi connectivity index (χ0n) is 14.3. The van der Waals surface area contributed by atoms with Crippen molar-refractivity contribution in [1.29, 1.82) is 0 Å². The molecule has 0 saturated carbocycles. The summed E-state index contributed by atoms with van der Waals surface area (Å²) in [4.78, 5) is 22.5. The zero-order valence-corrected chi connectivity index (χ0v) is 14.3. The van der Waals surface area contributed by atoms with Gasteiger partial charge in [-0.3, -0.25) is 4.79 Å². The number of carbonyl (C=O) groups excluding carboxylic acids is 1. The Bertz CT molecular complexity index is 667. The molecule has 0 aliphatic heterocycles. The number of anilines is 2. The molecule has 1 aromatic carbocycles. The maximum atomic E-state index is 12.2. The average Bonchev–Trinajstić information content (AvgIpc) is 2.57. The summed E-state index contributed by atoms with van der Waals surface area (Å²) in [7, 11) is 1.79. The van der Waals surface area contributed by atoms with Crippen LogP contribution in [-0.4, -0.2) is 34.4 Å². The highest BCUT2D eigenvalue weighted by Gasteiger charge is 2.13. The number of rotatable bonds is 6. The number of nitrogens with zero attached hydrogens (tertiary/aromatic N) is 3. The van der Waals surface area contributed by atoms with Gasteiger partial charge in [0.2, 0.25) is 0 Å². The molecule has 0 atom stereocenters. The van der Waals surface area contributed by atoms with E-state index in [1.54, 1.807) is 18.1 Å². The van der Waals surface area contributed by atoms with Crippen LogP contribution in [0.2, 0.25) is 0 Å². The standard InChI is InChI=1S/C18H24N4O/c1-5-6-10-22(4)18(23)16-11-20-17(12-19-16)21-15-9-7-8-13(2)14(15)3/h7-9,11-12H,5-6,10H2,1-4H3,(H,20,21). The summed E-state index contributed by atoms with van der Waals surface area (Å²) in [5.74, 6) is 0.538. The molecule has 0 unspecified atom stereocenters. The van der Waals surface area contributed by atoms with Crippen LogP contribution in [0.4, 0.5) is 11.5 Å². The van der Waals surface area contributed by atoms with Gasteiger partial charge >= 0.3 is 0 Å². The molecule has 1 N–H and O–H groups in total. The molecule has 1 heterocycles. The normalized spacial score (nSPS) is 10.4. The van der Waals surface area contributed by atoms with E-state index in [9.17, 15) is 4.79 Å². The van der Waals surface area contributed by atoms with Crippen LogP contribution < -0.4 is 5.32 Å². The molecule has 0 aliphatic rings. The van der Waals surface area contributed by atoms with Gasteiger partial charge in [-0.1, -0.05) is 25.5 Å². The maximum Gasteiger partial charge on any atom is 0.273 e. The summed E-state index contributed by atoms with van der Waals surface area (Å²) in [5.41, 5.74) is 3.76. The van der Waals surface area contributed by atoms with Crippen molar-refractivity contribution in [3.05, 3.63) is 47.4 Å². The van der Waals surface area contributed by atoms with Gasteiger partial charge in [-0.25, -0.2) is 9.97 Å². The fourth-order valence-electron chi connectivity index (χ4n) is 2.22. The molecule has 2 aromatic rings. The van der Waals surface area contributed by atoms with E-state index in [1.807, 2.05) is 12.1 Å². The van der Waals surface area contributed by atoms with Crippen molar-refractivity contribution in [2.75, 3.05) is 18.9 Å². The maximum absolute atomic E-state index is 12.2. The van der Waals surface area contributed by atoms with Crippen molar-refractivity contribution in [2.45, 2.75) is 33.6 Å². The molecule has 0 fully saturated rings. The highest BCUT2D eigenvalue weighted by Crippen LogP contribution is 2.21. The molecule has 5 heteroatoms. The van der Waals surface area contributed by atoms with Crippen molar-refractivity contribution < 1.29 is 4.79 Å². The molecule has 2 rings (SSSR count). The molecule has 1 amide bonds. The highest BCUT2D eigenvalue weighted by atomic mass is 16.2. The lowest BCUT2D eigenvalue weighted by molar-refractivity contribution is 0.0787. The van der Waals surface area contributed by atoms with Crippen LogP contribution in [0.3, 0.4) is 0 Å². The lowest BCUT2D eigenvalue weighted by Crippen LogP contribution is -2.28. The Morgan fingerprint density at radius 2 is 2.00 bits per heavy atom. The predicted octanol–water partition coefficient (Wildman–Crippen LogP) is 3.71. The second-order valence-electron chi connectivity index (χ2n) is 5.74. The van der Waals surface area contributed by atoms with E-state index in [0.29, 0.717) is 11.5 Å². The van der Waals surface area contributed by atoms with Gasteiger partial charge in [-0.2, -0.15) is 0 Å². The number of aromatic nitrogens is 2. The molecule has 0 spiro atoms. The monoisotopic (exact) mass is 312 g/mol. The lowest BCUT2D eigenvalue weighted by Gasteiger charge is -2.16. The molecular formula is C18H24N4O. The molecular weight excluding hydrogens is 288 g/mol. The van der Waals surface area contributed by atoms with Crippen molar-refractivity contribution in [1.82, 2.24) is 14.9 Å². The molecule has 0 radical (unpaired) electrons. The van der Waals surface area contributed by atoms with Crippen LogP contribution in [0.1, 0.15) is 41.4 Å². The Balaban J connectivity index is 2.07. The molecule has 23 heavy (non-hydrogen) atoms. The van der Waals surface area contributed by atoms with Crippen LogP contribution in [0.15, 0.2) is 30.6 Å². The van der Waals surface area contributed by atoms with E-state index in [-0.39, 0.29) is 5.91 Å². The number of aryl methyl sites for hydroxylation is 1. The minimum atomic E-state index is -0.0933. The SMILES string of the molecule is CCCCN(C)C(=O)c1cnc(Nc2cccc(C)c2C)cn1. The van der Waals surface area contributed by atoms with Gasteiger partial charge in [0.15, 0.2) is 0 Å². The van der Waals surface area contributed by atoms with Crippen LogP contribution in [-0.2, 0) is 0 Å². The summed E-state index contributed by atoms with van der Waals surface area (Å²) >= 11 is 0. The first-order valence-electron chi connectivity index (χ1n) is 7.93.